The Balaban J connectivity index is 1.84. The Morgan fingerprint density at radius 2 is 1.81 bits per heavy atom. The zero-order valence-electron chi connectivity index (χ0n) is 12.9. The van der Waals surface area contributed by atoms with Gasteiger partial charge in [0, 0.05) is 11.8 Å². The van der Waals surface area contributed by atoms with Gasteiger partial charge in [-0.15, -0.1) is 0 Å². The number of benzene rings is 2. The fourth-order valence-electron chi connectivity index (χ4n) is 2.07. The van der Waals surface area contributed by atoms with E-state index in [2.05, 4.69) is 31.3 Å². The number of rotatable bonds is 7. The maximum Gasteiger partial charge on any atom is 0.120 e. The van der Waals surface area contributed by atoms with E-state index in [1.54, 1.807) is 7.11 Å². The van der Waals surface area contributed by atoms with Crippen LogP contribution in [0, 0.1) is 0 Å². The molecule has 0 heterocycles. The first kappa shape index (κ1) is 15.2. The van der Waals surface area contributed by atoms with Gasteiger partial charge in [-0.3, -0.25) is 0 Å². The van der Waals surface area contributed by atoms with Crippen LogP contribution in [0.1, 0.15) is 19.4 Å². The highest BCUT2D eigenvalue weighted by molar-refractivity contribution is 5.48. The van der Waals surface area contributed by atoms with Crippen molar-refractivity contribution in [3.8, 4) is 11.5 Å². The summed E-state index contributed by atoms with van der Waals surface area (Å²) in [5, 5.41) is 3.36. The predicted octanol–water partition coefficient (Wildman–Crippen LogP) is 4.14. The Kier molecular flexibility index (Phi) is 5.50. The van der Waals surface area contributed by atoms with Crippen molar-refractivity contribution in [2.24, 2.45) is 0 Å². The highest BCUT2D eigenvalue weighted by Gasteiger charge is 2.04. The van der Waals surface area contributed by atoms with Crippen LogP contribution < -0.4 is 14.8 Å². The molecule has 0 aliphatic heterocycles. The van der Waals surface area contributed by atoms with E-state index >= 15 is 0 Å². The molecule has 0 aliphatic rings. The monoisotopic (exact) mass is 285 g/mol. The van der Waals surface area contributed by atoms with Crippen LogP contribution in [0.3, 0.4) is 0 Å². The Bertz CT molecular complexity index is 551. The maximum absolute atomic E-state index is 5.90. The molecule has 0 fully saturated rings. The summed E-state index contributed by atoms with van der Waals surface area (Å²) in [4.78, 5) is 0. The van der Waals surface area contributed by atoms with Gasteiger partial charge >= 0.3 is 0 Å². The van der Waals surface area contributed by atoms with Crippen molar-refractivity contribution in [3.63, 3.8) is 0 Å². The Hall–Kier alpha value is -2.16. The summed E-state index contributed by atoms with van der Waals surface area (Å²) < 4.78 is 11.1. The Morgan fingerprint density at radius 3 is 2.48 bits per heavy atom. The van der Waals surface area contributed by atoms with Gasteiger partial charge in [-0.2, -0.15) is 0 Å². The molecule has 0 amide bonds. The van der Waals surface area contributed by atoms with Crippen molar-refractivity contribution in [3.05, 3.63) is 54.1 Å². The fraction of sp³-hybridized carbons (Fsp3) is 0.333. The first-order valence-corrected chi connectivity index (χ1v) is 7.34. The summed E-state index contributed by atoms with van der Waals surface area (Å²) in [5.41, 5.74) is 2.36. The number of hydrogen-bond donors (Lipinski definition) is 1. The minimum Gasteiger partial charge on any atom is -0.497 e. The van der Waals surface area contributed by atoms with E-state index in [-0.39, 0.29) is 6.10 Å². The second kappa shape index (κ2) is 7.58. The third-order valence-corrected chi connectivity index (χ3v) is 3.33. The fourth-order valence-corrected chi connectivity index (χ4v) is 2.07. The van der Waals surface area contributed by atoms with E-state index < -0.39 is 0 Å². The van der Waals surface area contributed by atoms with Crippen LogP contribution in [0.5, 0.6) is 11.5 Å². The standard InChI is InChI=1S/C18H23NO2/c1-4-15-8-10-17(11-9-15)21-14(2)13-19-16-6-5-7-18(12-16)20-3/h5-12,14,19H,4,13H2,1-3H3. The van der Waals surface area contributed by atoms with Crippen molar-refractivity contribution in [2.75, 3.05) is 19.0 Å². The zero-order chi connectivity index (χ0) is 15.1. The molecule has 1 atom stereocenters. The van der Waals surface area contributed by atoms with E-state index in [4.69, 9.17) is 9.47 Å². The molecule has 0 spiro atoms. The molecule has 0 aliphatic carbocycles. The van der Waals surface area contributed by atoms with Crippen LogP contribution in [0.15, 0.2) is 48.5 Å². The first-order valence-electron chi connectivity index (χ1n) is 7.34. The highest BCUT2D eigenvalue weighted by Crippen LogP contribution is 2.18. The van der Waals surface area contributed by atoms with Crippen LogP contribution in [-0.4, -0.2) is 19.8 Å². The average molecular weight is 285 g/mol. The molecule has 3 heteroatoms. The number of nitrogens with one attached hydrogen (secondary N) is 1. The third-order valence-electron chi connectivity index (χ3n) is 3.33. The zero-order valence-corrected chi connectivity index (χ0v) is 12.9. The van der Waals surface area contributed by atoms with Crippen molar-refractivity contribution >= 4 is 5.69 Å². The maximum atomic E-state index is 5.90. The number of ether oxygens (including phenoxy) is 2. The van der Waals surface area contributed by atoms with Crippen LogP contribution in [0.4, 0.5) is 5.69 Å². The van der Waals surface area contributed by atoms with Crippen molar-refractivity contribution < 1.29 is 9.47 Å². The molecule has 3 nitrogen and oxygen atoms in total. The minimum absolute atomic E-state index is 0.0867. The van der Waals surface area contributed by atoms with Crippen LogP contribution in [0.25, 0.3) is 0 Å². The van der Waals surface area contributed by atoms with Gasteiger partial charge in [0.15, 0.2) is 0 Å². The normalized spacial score (nSPS) is 11.8. The van der Waals surface area contributed by atoms with Gasteiger partial charge in [0.2, 0.25) is 0 Å². The smallest absolute Gasteiger partial charge is 0.120 e. The van der Waals surface area contributed by atoms with Crippen LogP contribution in [-0.2, 0) is 6.42 Å². The lowest BCUT2D eigenvalue weighted by molar-refractivity contribution is 0.234. The minimum atomic E-state index is 0.0867. The molecule has 2 aromatic carbocycles. The lowest BCUT2D eigenvalue weighted by Crippen LogP contribution is -2.22. The largest absolute Gasteiger partial charge is 0.497 e. The average Bonchev–Trinajstić information content (AvgIpc) is 2.54. The van der Waals surface area contributed by atoms with E-state index in [1.807, 2.05) is 36.4 Å². The van der Waals surface area contributed by atoms with E-state index in [1.165, 1.54) is 5.56 Å². The van der Waals surface area contributed by atoms with Crippen LogP contribution >= 0.6 is 0 Å². The molecule has 0 saturated carbocycles. The van der Waals surface area contributed by atoms with Crippen molar-refractivity contribution in [1.29, 1.82) is 0 Å². The number of anilines is 1. The van der Waals surface area contributed by atoms with Gasteiger partial charge in [-0.05, 0) is 43.2 Å². The third kappa shape index (κ3) is 4.71. The van der Waals surface area contributed by atoms with E-state index in [0.29, 0.717) is 0 Å². The molecule has 0 bridgehead atoms. The molecular formula is C18H23NO2. The van der Waals surface area contributed by atoms with Gasteiger partial charge in [-0.1, -0.05) is 25.1 Å². The van der Waals surface area contributed by atoms with Crippen LogP contribution in [0.2, 0.25) is 0 Å². The highest BCUT2D eigenvalue weighted by atomic mass is 16.5. The summed E-state index contributed by atoms with van der Waals surface area (Å²) >= 11 is 0. The second-order valence-corrected chi connectivity index (χ2v) is 5.04. The molecular weight excluding hydrogens is 262 g/mol. The lowest BCUT2D eigenvalue weighted by Gasteiger charge is -2.16. The summed E-state index contributed by atoms with van der Waals surface area (Å²) in [6.45, 7) is 4.94. The molecule has 21 heavy (non-hydrogen) atoms. The van der Waals surface area contributed by atoms with Crippen molar-refractivity contribution in [1.82, 2.24) is 0 Å². The topological polar surface area (TPSA) is 30.5 Å². The molecule has 1 N–H and O–H groups in total. The van der Waals surface area contributed by atoms with Gasteiger partial charge in [0.05, 0.1) is 13.7 Å². The summed E-state index contributed by atoms with van der Waals surface area (Å²) in [5.74, 6) is 1.76. The van der Waals surface area contributed by atoms with E-state index in [9.17, 15) is 0 Å². The Labute approximate surface area is 126 Å². The molecule has 2 rings (SSSR count). The SMILES string of the molecule is CCc1ccc(OC(C)CNc2cccc(OC)c2)cc1. The molecule has 112 valence electrons. The summed E-state index contributed by atoms with van der Waals surface area (Å²) in [6.07, 6.45) is 1.14. The number of hydrogen-bond acceptors (Lipinski definition) is 3. The van der Waals surface area contributed by atoms with Gasteiger partial charge < -0.3 is 14.8 Å². The molecule has 0 radical (unpaired) electrons. The molecule has 2 aromatic rings. The van der Waals surface area contributed by atoms with E-state index in [0.717, 1.165) is 30.2 Å². The molecule has 0 aromatic heterocycles. The number of aryl methyl sites for hydroxylation is 1. The quantitative estimate of drug-likeness (QED) is 0.829. The van der Waals surface area contributed by atoms with Gasteiger partial charge in [0.25, 0.3) is 0 Å². The first-order chi connectivity index (χ1) is 10.2. The summed E-state index contributed by atoms with van der Waals surface area (Å²) in [7, 11) is 1.67. The van der Waals surface area contributed by atoms with Crippen molar-refractivity contribution in [2.45, 2.75) is 26.4 Å². The Morgan fingerprint density at radius 1 is 1.05 bits per heavy atom. The summed E-state index contributed by atoms with van der Waals surface area (Å²) in [6, 6.07) is 16.2. The lowest BCUT2D eigenvalue weighted by atomic mass is 10.2. The molecule has 1 unspecified atom stereocenters. The van der Waals surface area contributed by atoms with Gasteiger partial charge in [0.1, 0.15) is 17.6 Å². The molecule has 0 saturated heterocycles. The predicted molar refractivity (Wildman–Crippen MR) is 87.4 cm³/mol. The second-order valence-electron chi connectivity index (χ2n) is 5.04. The van der Waals surface area contributed by atoms with Gasteiger partial charge in [-0.25, -0.2) is 0 Å². The number of methoxy groups -OCH3 is 1.